The molecule has 1 atom stereocenters. The normalized spacial score (nSPS) is 20.4. The van der Waals surface area contributed by atoms with Crippen molar-refractivity contribution < 1.29 is 14.3 Å². The Balaban J connectivity index is 2.21. The molecule has 0 unspecified atom stereocenters. The molecule has 5 nitrogen and oxygen atoms in total. The molecule has 5 heteroatoms. The molecule has 2 aliphatic rings. The monoisotopic (exact) mass is 274 g/mol. The van der Waals surface area contributed by atoms with Gasteiger partial charge in [0, 0.05) is 18.3 Å². The van der Waals surface area contributed by atoms with Gasteiger partial charge in [-0.3, -0.25) is 9.79 Å². The minimum atomic E-state index is 0.0107. The number of aliphatic imine (C=N–C) groups is 1. The summed E-state index contributed by atoms with van der Waals surface area (Å²) in [5.41, 5.74) is 2.04. The van der Waals surface area contributed by atoms with Gasteiger partial charge in [-0.05, 0) is 25.8 Å². The van der Waals surface area contributed by atoms with Crippen LogP contribution in [0.1, 0.15) is 28.8 Å². The quantitative estimate of drug-likeness (QED) is 0.831. The Hall–Kier alpha value is -2.04. The highest BCUT2D eigenvalue weighted by Gasteiger charge is 2.33. The number of carbonyl (C=O) groups excluding carboxylic acids is 1. The molecule has 1 aromatic rings. The first kappa shape index (κ1) is 13.0. The molecular weight excluding hydrogens is 256 g/mol. The largest absolute Gasteiger partial charge is 0.496 e. The number of benzene rings is 1. The highest BCUT2D eigenvalue weighted by Crippen LogP contribution is 2.42. The van der Waals surface area contributed by atoms with E-state index in [-0.39, 0.29) is 11.9 Å². The van der Waals surface area contributed by atoms with Crippen LogP contribution in [0.5, 0.6) is 11.5 Å². The van der Waals surface area contributed by atoms with Gasteiger partial charge in [-0.25, -0.2) is 0 Å². The fraction of sp³-hybridized carbons (Fsp3) is 0.467. The zero-order valence-electron chi connectivity index (χ0n) is 12.0. The van der Waals surface area contributed by atoms with Gasteiger partial charge in [0.05, 0.1) is 25.8 Å². The summed E-state index contributed by atoms with van der Waals surface area (Å²) >= 11 is 0. The van der Waals surface area contributed by atoms with Crippen molar-refractivity contribution in [1.29, 1.82) is 0 Å². The van der Waals surface area contributed by atoms with Gasteiger partial charge in [0.1, 0.15) is 11.4 Å². The average molecular weight is 274 g/mol. The third kappa shape index (κ3) is 1.77. The van der Waals surface area contributed by atoms with Crippen LogP contribution in [0.3, 0.4) is 0 Å². The standard InChI is InChI=1S/C15H18N2O3/c1-9-12(19-2)7-11-13(14(9)20-3)16-8-10-5-4-6-17(10)15(11)18/h7-8,10H,4-6H2,1-3H3/t10-/m0/s1. The average Bonchev–Trinajstić information content (AvgIpc) is 2.88. The molecule has 0 aliphatic carbocycles. The maximum atomic E-state index is 12.7. The fourth-order valence-electron chi connectivity index (χ4n) is 2.99. The van der Waals surface area contributed by atoms with Crippen molar-refractivity contribution in [2.45, 2.75) is 25.8 Å². The lowest BCUT2D eigenvalue weighted by molar-refractivity contribution is 0.0774. The second kappa shape index (κ2) is 4.81. The van der Waals surface area contributed by atoms with Crippen LogP contribution in [0, 0.1) is 6.92 Å². The first-order valence-corrected chi connectivity index (χ1v) is 6.78. The van der Waals surface area contributed by atoms with E-state index >= 15 is 0 Å². The smallest absolute Gasteiger partial charge is 0.256 e. The summed E-state index contributed by atoms with van der Waals surface area (Å²) < 4.78 is 10.8. The van der Waals surface area contributed by atoms with Gasteiger partial charge in [-0.15, -0.1) is 0 Å². The number of amides is 1. The molecule has 0 bridgehead atoms. The number of hydrogen-bond donors (Lipinski definition) is 0. The lowest BCUT2D eigenvalue weighted by atomic mass is 10.1. The fourth-order valence-corrected chi connectivity index (χ4v) is 2.99. The number of fused-ring (bicyclic) bond motifs is 2. The Labute approximate surface area is 118 Å². The molecule has 1 aromatic carbocycles. The Morgan fingerprint density at radius 3 is 2.85 bits per heavy atom. The van der Waals surface area contributed by atoms with Crippen LogP contribution in [-0.4, -0.2) is 43.8 Å². The lowest BCUT2D eigenvalue weighted by Gasteiger charge is -2.21. The number of hydrogen-bond acceptors (Lipinski definition) is 4. The number of methoxy groups -OCH3 is 2. The van der Waals surface area contributed by atoms with E-state index in [4.69, 9.17) is 9.47 Å². The van der Waals surface area contributed by atoms with Crippen LogP contribution < -0.4 is 9.47 Å². The zero-order chi connectivity index (χ0) is 14.3. The summed E-state index contributed by atoms with van der Waals surface area (Å²) in [6, 6.07) is 1.87. The van der Waals surface area contributed by atoms with Crippen molar-refractivity contribution >= 4 is 17.8 Å². The van der Waals surface area contributed by atoms with Gasteiger partial charge in [-0.1, -0.05) is 0 Å². The Morgan fingerprint density at radius 1 is 1.35 bits per heavy atom. The van der Waals surface area contributed by atoms with E-state index in [1.165, 1.54) is 0 Å². The van der Waals surface area contributed by atoms with E-state index in [0.29, 0.717) is 22.7 Å². The van der Waals surface area contributed by atoms with E-state index in [2.05, 4.69) is 4.99 Å². The summed E-state index contributed by atoms with van der Waals surface area (Å²) in [4.78, 5) is 19.1. The van der Waals surface area contributed by atoms with E-state index in [0.717, 1.165) is 24.9 Å². The highest BCUT2D eigenvalue weighted by molar-refractivity contribution is 6.04. The second-order valence-electron chi connectivity index (χ2n) is 5.12. The SMILES string of the molecule is COc1cc2c(c(OC)c1C)N=C[C@@H]1CCCN1C2=O. The molecule has 2 aliphatic heterocycles. The molecule has 0 aromatic heterocycles. The van der Waals surface area contributed by atoms with Gasteiger partial charge < -0.3 is 14.4 Å². The Kier molecular flexibility index (Phi) is 3.12. The van der Waals surface area contributed by atoms with Gasteiger partial charge in [-0.2, -0.15) is 0 Å². The first-order valence-electron chi connectivity index (χ1n) is 6.78. The van der Waals surface area contributed by atoms with Gasteiger partial charge >= 0.3 is 0 Å². The van der Waals surface area contributed by atoms with Crippen molar-refractivity contribution in [2.75, 3.05) is 20.8 Å². The third-order valence-electron chi connectivity index (χ3n) is 4.05. The topological polar surface area (TPSA) is 51.1 Å². The molecule has 1 amide bonds. The third-order valence-corrected chi connectivity index (χ3v) is 4.05. The van der Waals surface area contributed by atoms with Crippen molar-refractivity contribution in [1.82, 2.24) is 4.90 Å². The maximum Gasteiger partial charge on any atom is 0.256 e. The zero-order valence-corrected chi connectivity index (χ0v) is 12.0. The minimum Gasteiger partial charge on any atom is -0.496 e. The van der Waals surface area contributed by atoms with Crippen LogP contribution in [-0.2, 0) is 0 Å². The summed E-state index contributed by atoms with van der Waals surface area (Å²) in [6.45, 7) is 2.69. The molecule has 2 heterocycles. The first-order chi connectivity index (χ1) is 9.67. The van der Waals surface area contributed by atoms with Crippen molar-refractivity contribution in [3.05, 3.63) is 17.2 Å². The predicted octanol–water partition coefficient (Wildman–Crippen LogP) is 2.33. The van der Waals surface area contributed by atoms with Gasteiger partial charge in [0.25, 0.3) is 5.91 Å². The number of nitrogens with zero attached hydrogens (tertiary/aromatic N) is 2. The number of ether oxygens (including phenoxy) is 2. The van der Waals surface area contributed by atoms with Crippen LogP contribution in [0.25, 0.3) is 0 Å². The van der Waals surface area contributed by atoms with Gasteiger partial charge in [0.15, 0.2) is 5.75 Å². The lowest BCUT2D eigenvalue weighted by Crippen LogP contribution is -2.35. The molecule has 20 heavy (non-hydrogen) atoms. The maximum absolute atomic E-state index is 12.7. The molecular formula is C15H18N2O3. The molecule has 106 valence electrons. The van der Waals surface area contributed by atoms with E-state index < -0.39 is 0 Å². The molecule has 1 fully saturated rings. The molecule has 3 rings (SSSR count). The van der Waals surface area contributed by atoms with E-state index in [9.17, 15) is 4.79 Å². The Bertz CT molecular complexity index is 595. The number of rotatable bonds is 2. The highest BCUT2D eigenvalue weighted by atomic mass is 16.5. The molecule has 0 N–H and O–H groups in total. The minimum absolute atomic E-state index is 0.0107. The van der Waals surface area contributed by atoms with Crippen molar-refractivity contribution in [3.8, 4) is 11.5 Å². The molecule has 0 radical (unpaired) electrons. The summed E-state index contributed by atoms with van der Waals surface area (Å²) in [6.07, 6.45) is 3.87. The predicted molar refractivity (Wildman–Crippen MR) is 76.5 cm³/mol. The van der Waals surface area contributed by atoms with Gasteiger partial charge in [0.2, 0.25) is 0 Å². The summed E-state index contributed by atoms with van der Waals surface area (Å²) in [5.74, 6) is 1.28. The van der Waals surface area contributed by atoms with Crippen molar-refractivity contribution in [3.63, 3.8) is 0 Å². The number of carbonyl (C=O) groups is 1. The van der Waals surface area contributed by atoms with Crippen LogP contribution in [0.2, 0.25) is 0 Å². The van der Waals surface area contributed by atoms with Crippen molar-refractivity contribution in [2.24, 2.45) is 4.99 Å². The summed E-state index contributed by atoms with van der Waals surface area (Å²) in [5, 5.41) is 0. The summed E-state index contributed by atoms with van der Waals surface area (Å²) in [7, 11) is 3.19. The Morgan fingerprint density at radius 2 is 2.15 bits per heavy atom. The molecule has 1 saturated heterocycles. The van der Waals surface area contributed by atoms with Crippen LogP contribution in [0.15, 0.2) is 11.1 Å². The molecule has 0 saturated carbocycles. The van der Waals surface area contributed by atoms with E-state index in [1.807, 2.05) is 18.0 Å². The van der Waals surface area contributed by atoms with E-state index in [1.54, 1.807) is 20.3 Å². The second-order valence-corrected chi connectivity index (χ2v) is 5.12. The van der Waals surface area contributed by atoms with Crippen LogP contribution >= 0.6 is 0 Å². The van der Waals surface area contributed by atoms with Crippen LogP contribution in [0.4, 0.5) is 5.69 Å². The molecule has 0 spiro atoms.